The normalized spacial score (nSPS) is 18.4. The fourth-order valence-corrected chi connectivity index (χ4v) is 5.02. The number of likely N-dealkylation sites (tertiary alicyclic amines) is 1. The maximum absolute atomic E-state index is 13.9. The molecular weight excluding hydrogens is 424 g/mol. The topological polar surface area (TPSA) is 76.8 Å². The van der Waals surface area contributed by atoms with Crippen LogP contribution in [-0.4, -0.2) is 48.4 Å². The number of carbonyl (C=O) groups is 1. The lowest BCUT2D eigenvalue weighted by Crippen LogP contribution is -2.48. The van der Waals surface area contributed by atoms with E-state index in [2.05, 4.69) is 52.1 Å². The number of benzene rings is 2. The van der Waals surface area contributed by atoms with Crippen LogP contribution in [0.15, 0.2) is 55.0 Å². The number of aromatic nitrogens is 5. The van der Waals surface area contributed by atoms with Gasteiger partial charge in [-0.3, -0.25) is 4.79 Å². The fourth-order valence-electron chi connectivity index (χ4n) is 5.02. The summed E-state index contributed by atoms with van der Waals surface area (Å²) in [6, 6.07) is 12.2. The maximum atomic E-state index is 13.9. The Kier molecular flexibility index (Phi) is 6.09. The molecule has 1 amide bonds. The molecule has 174 valence electrons. The van der Waals surface area contributed by atoms with Crippen LogP contribution in [0, 0.1) is 19.8 Å². The van der Waals surface area contributed by atoms with Crippen molar-refractivity contribution in [2.75, 3.05) is 6.54 Å². The van der Waals surface area contributed by atoms with Gasteiger partial charge in [0, 0.05) is 30.6 Å². The minimum atomic E-state index is 0.0439. The van der Waals surface area contributed by atoms with E-state index in [4.69, 9.17) is 4.98 Å². The third-order valence-electron chi connectivity index (χ3n) is 6.84. The minimum absolute atomic E-state index is 0.0439. The van der Waals surface area contributed by atoms with Crippen LogP contribution in [0.4, 0.5) is 0 Å². The Balaban J connectivity index is 1.40. The molecule has 0 spiro atoms. The van der Waals surface area contributed by atoms with Gasteiger partial charge in [0.2, 0.25) is 0 Å². The van der Waals surface area contributed by atoms with Crippen molar-refractivity contribution >= 4 is 16.8 Å². The zero-order valence-corrected chi connectivity index (χ0v) is 20.0. The average molecular weight is 455 g/mol. The van der Waals surface area contributed by atoms with Gasteiger partial charge in [-0.15, -0.1) is 0 Å². The van der Waals surface area contributed by atoms with E-state index >= 15 is 0 Å². The third-order valence-corrected chi connectivity index (χ3v) is 6.84. The quantitative estimate of drug-likeness (QED) is 0.437. The maximum Gasteiger partial charge on any atom is 0.256 e. The first kappa shape index (κ1) is 22.2. The molecule has 0 unspecified atom stereocenters. The lowest BCUT2D eigenvalue weighted by molar-refractivity contribution is 0.0498. The summed E-state index contributed by atoms with van der Waals surface area (Å²) >= 11 is 0. The number of amides is 1. The molecule has 34 heavy (non-hydrogen) atoms. The summed E-state index contributed by atoms with van der Waals surface area (Å²) in [6.45, 7) is 7.09. The Bertz CT molecular complexity index is 1320. The molecule has 0 N–H and O–H groups in total. The zero-order chi connectivity index (χ0) is 23.7. The molecule has 2 atom stereocenters. The molecule has 1 saturated heterocycles. The van der Waals surface area contributed by atoms with Crippen molar-refractivity contribution in [3.8, 4) is 5.69 Å². The number of aryl methyl sites for hydroxylation is 3. The van der Waals surface area contributed by atoms with Gasteiger partial charge in [-0.25, -0.2) is 9.97 Å². The molecule has 1 aliphatic heterocycles. The van der Waals surface area contributed by atoms with Crippen LogP contribution in [0.5, 0.6) is 0 Å². The van der Waals surface area contributed by atoms with Gasteiger partial charge < -0.3 is 4.90 Å². The van der Waals surface area contributed by atoms with Crippen molar-refractivity contribution in [1.29, 1.82) is 0 Å². The Hall–Kier alpha value is -3.61. The number of carbonyl (C=O) groups excluding carboxylic acids is 1. The van der Waals surface area contributed by atoms with Gasteiger partial charge >= 0.3 is 0 Å². The largest absolute Gasteiger partial charge is 0.335 e. The number of piperidine rings is 1. The second kappa shape index (κ2) is 9.33. The number of hydrogen-bond donors (Lipinski definition) is 0. The number of fused-ring (bicyclic) bond motifs is 1. The van der Waals surface area contributed by atoms with Gasteiger partial charge in [0.05, 0.1) is 29.2 Å². The van der Waals surface area contributed by atoms with Crippen molar-refractivity contribution in [2.45, 2.75) is 52.5 Å². The van der Waals surface area contributed by atoms with Crippen molar-refractivity contribution in [1.82, 2.24) is 29.9 Å². The number of nitrogens with zero attached hydrogens (tertiary/aromatic N) is 6. The molecule has 1 aliphatic rings. The molecule has 4 aromatic rings. The van der Waals surface area contributed by atoms with Crippen LogP contribution in [-0.2, 0) is 6.42 Å². The highest BCUT2D eigenvalue weighted by Crippen LogP contribution is 2.29. The second-order valence-corrected chi connectivity index (χ2v) is 9.41. The van der Waals surface area contributed by atoms with Crippen LogP contribution in [0.1, 0.15) is 53.5 Å². The Morgan fingerprint density at radius 3 is 2.65 bits per heavy atom. The lowest BCUT2D eigenvalue weighted by Gasteiger charge is -2.40. The van der Waals surface area contributed by atoms with Gasteiger partial charge in [0.25, 0.3) is 5.91 Å². The summed E-state index contributed by atoms with van der Waals surface area (Å²) < 4.78 is 0. The summed E-state index contributed by atoms with van der Waals surface area (Å²) in [5, 5.41) is 9.59. The first-order valence-corrected chi connectivity index (χ1v) is 12.0. The van der Waals surface area contributed by atoms with Crippen molar-refractivity contribution < 1.29 is 4.79 Å². The van der Waals surface area contributed by atoms with Gasteiger partial charge in [-0.05, 0) is 63.3 Å². The monoisotopic (exact) mass is 454 g/mol. The van der Waals surface area contributed by atoms with E-state index in [1.807, 2.05) is 31.3 Å². The molecular formula is C27H30N6O. The predicted molar refractivity (Wildman–Crippen MR) is 132 cm³/mol. The van der Waals surface area contributed by atoms with Crippen LogP contribution in [0.25, 0.3) is 16.6 Å². The van der Waals surface area contributed by atoms with Crippen molar-refractivity contribution in [2.24, 2.45) is 5.92 Å². The van der Waals surface area contributed by atoms with Gasteiger partial charge in [0.1, 0.15) is 5.82 Å². The van der Waals surface area contributed by atoms with E-state index in [1.165, 1.54) is 10.4 Å². The predicted octanol–water partition coefficient (Wildman–Crippen LogP) is 4.70. The zero-order valence-electron chi connectivity index (χ0n) is 20.0. The lowest BCUT2D eigenvalue weighted by atomic mass is 9.87. The van der Waals surface area contributed by atoms with Crippen LogP contribution in [0.2, 0.25) is 0 Å². The highest BCUT2D eigenvalue weighted by Gasteiger charge is 2.33. The van der Waals surface area contributed by atoms with Crippen LogP contribution < -0.4 is 0 Å². The Labute approximate surface area is 199 Å². The molecule has 0 saturated carbocycles. The summed E-state index contributed by atoms with van der Waals surface area (Å²) in [5.74, 6) is 1.29. The molecule has 2 aromatic heterocycles. The molecule has 0 bridgehead atoms. The first-order chi connectivity index (χ1) is 16.5. The van der Waals surface area contributed by atoms with E-state index in [9.17, 15) is 4.79 Å². The molecule has 0 radical (unpaired) electrons. The van der Waals surface area contributed by atoms with Crippen LogP contribution in [0.3, 0.4) is 0 Å². The van der Waals surface area contributed by atoms with E-state index in [-0.39, 0.29) is 11.9 Å². The first-order valence-electron chi connectivity index (χ1n) is 12.0. The summed E-state index contributed by atoms with van der Waals surface area (Å²) in [4.78, 5) is 26.8. The highest BCUT2D eigenvalue weighted by atomic mass is 16.2. The third kappa shape index (κ3) is 4.42. The smallest absolute Gasteiger partial charge is 0.256 e. The van der Waals surface area contributed by atoms with E-state index < -0.39 is 0 Å². The minimum Gasteiger partial charge on any atom is -0.335 e. The average Bonchev–Trinajstić information content (AvgIpc) is 3.37. The molecule has 0 aliphatic carbocycles. The SMILES string of the molecule is Cc1ccc(-n2nccn2)c(C(=O)N2CCC[C@@H](C)[C@H]2CCc2ncc3cc(C)ccc3n2)c1. The fraction of sp³-hybridized carbons (Fsp3) is 0.370. The molecule has 2 aromatic carbocycles. The number of hydrogen-bond acceptors (Lipinski definition) is 5. The van der Waals surface area contributed by atoms with E-state index in [1.54, 1.807) is 12.4 Å². The highest BCUT2D eigenvalue weighted by molar-refractivity contribution is 5.98. The Morgan fingerprint density at radius 2 is 1.82 bits per heavy atom. The van der Waals surface area contributed by atoms with Gasteiger partial charge in [0.15, 0.2) is 0 Å². The van der Waals surface area contributed by atoms with E-state index in [0.29, 0.717) is 17.2 Å². The number of rotatable bonds is 5. The van der Waals surface area contributed by atoms with Gasteiger partial charge in [-0.2, -0.15) is 15.0 Å². The Morgan fingerprint density at radius 1 is 1.06 bits per heavy atom. The summed E-state index contributed by atoms with van der Waals surface area (Å²) in [6.07, 6.45) is 8.88. The molecule has 5 rings (SSSR count). The molecule has 7 heteroatoms. The summed E-state index contributed by atoms with van der Waals surface area (Å²) in [7, 11) is 0. The molecule has 7 nitrogen and oxygen atoms in total. The van der Waals surface area contributed by atoms with Crippen molar-refractivity contribution in [3.05, 3.63) is 77.5 Å². The van der Waals surface area contributed by atoms with Gasteiger partial charge in [-0.1, -0.05) is 30.2 Å². The molecule has 1 fully saturated rings. The standard InChI is InChI=1S/C27H30N6O/c1-18-6-8-23-21(15-18)17-28-26(31-23)11-10-24-20(3)5-4-14-32(24)27(34)22-16-19(2)7-9-25(22)33-29-12-13-30-33/h6-9,12-13,15-17,20,24H,4-5,10-11,14H2,1-3H3/t20-,24-/m1/s1. The molecule has 3 heterocycles. The van der Waals surface area contributed by atoms with Crippen molar-refractivity contribution in [3.63, 3.8) is 0 Å². The summed E-state index contributed by atoms with van der Waals surface area (Å²) in [5.41, 5.74) is 4.57. The van der Waals surface area contributed by atoms with E-state index in [0.717, 1.165) is 54.5 Å². The van der Waals surface area contributed by atoms with Crippen LogP contribution >= 0.6 is 0 Å². The second-order valence-electron chi connectivity index (χ2n) is 9.41.